The highest BCUT2D eigenvalue weighted by Crippen LogP contribution is 2.19. The Kier molecular flexibility index (Phi) is 6.42. The molecule has 4 rings (SSSR count). The molecule has 7 heteroatoms. The van der Waals surface area contributed by atoms with Gasteiger partial charge < -0.3 is 19.9 Å². The minimum absolute atomic E-state index is 0.0154. The summed E-state index contributed by atoms with van der Waals surface area (Å²) in [5.74, 6) is -0.0154. The maximum Gasteiger partial charge on any atom is 0.279 e. The molecule has 1 aromatic heterocycles. The summed E-state index contributed by atoms with van der Waals surface area (Å²) in [5.41, 5.74) is 3.06. The van der Waals surface area contributed by atoms with Gasteiger partial charge in [-0.1, -0.05) is 30.4 Å². The number of anilines is 2. The number of fused-ring (bicyclic) bond motifs is 1. The maximum absolute atomic E-state index is 12.6. The predicted octanol–water partition coefficient (Wildman–Crippen LogP) is 2.32. The van der Waals surface area contributed by atoms with Gasteiger partial charge in [0.05, 0.1) is 25.8 Å². The molecule has 0 saturated carbocycles. The van der Waals surface area contributed by atoms with E-state index in [1.165, 1.54) is 0 Å². The molecule has 0 spiro atoms. The second-order valence-corrected chi connectivity index (χ2v) is 8.06. The van der Waals surface area contributed by atoms with Crippen LogP contribution in [0.5, 0.6) is 0 Å². The summed E-state index contributed by atoms with van der Waals surface area (Å²) in [7, 11) is 2.00. The number of quaternary nitrogens is 1. The van der Waals surface area contributed by atoms with Crippen LogP contribution >= 0.6 is 12.2 Å². The number of amides is 1. The molecule has 1 unspecified atom stereocenters. The molecule has 1 saturated heterocycles. The highest BCUT2D eigenvalue weighted by atomic mass is 32.1. The van der Waals surface area contributed by atoms with Crippen molar-refractivity contribution in [2.24, 2.45) is 0 Å². The Hall–Kier alpha value is -2.74. The van der Waals surface area contributed by atoms with Crippen molar-refractivity contribution in [3.05, 3.63) is 65.3 Å². The molecule has 156 valence electrons. The fourth-order valence-corrected chi connectivity index (χ4v) is 4.02. The third-order valence-electron chi connectivity index (χ3n) is 5.32. The van der Waals surface area contributed by atoms with E-state index < -0.39 is 0 Å². The Bertz CT molecular complexity index is 1070. The summed E-state index contributed by atoms with van der Waals surface area (Å²) in [5, 5.41) is 4.14. The third-order valence-corrected chi connectivity index (χ3v) is 5.67. The molecule has 6 nitrogen and oxygen atoms in total. The van der Waals surface area contributed by atoms with E-state index in [0.29, 0.717) is 13.2 Å². The third kappa shape index (κ3) is 4.87. The smallest absolute Gasteiger partial charge is 0.279 e. The monoisotopic (exact) mass is 423 g/mol. The van der Waals surface area contributed by atoms with Crippen molar-refractivity contribution < 1.29 is 14.4 Å². The number of aromatic nitrogens is 1. The largest absolute Gasteiger partial charge is 0.378 e. The summed E-state index contributed by atoms with van der Waals surface area (Å²) >= 11 is 5.52. The van der Waals surface area contributed by atoms with E-state index in [1.807, 2.05) is 55.6 Å². The van der Waals surface area contributed by atoms with Crippen LogP contribution in [0.15, 0.2) is 60.7 Å². The van der Waals surface area contributed by atoms with E-state index in [1.54, 1.807) is 0 Å². The molecule has 1 aliphatic rings. The van der Waals surface area contributed by atoms with Gasteiger partial charge in [-0.05, 0) is 47.9 Å². The highest BCUT2D eigenvalue weighted by Gasteiger charge is 2.14. The average molecular weight is 424 g/mol. The molecule has 1 fully saturated rings. The van der Waals surface area contributed by atoms with Crippen molar-refractivity contribution >= 4 is 40.4 Å². The minimum atomic E-state index is -0.0154. The van der Waals surface area contributed by atoms with E-state index in [-0.39, 0.29) is 5.91 Å². The molecule has 2 aromatic carbocycles. The van der Waals surface area contributed by atoms with Crippen LogP contribution in [0.1, 0.15) is 0 Å². The molecule has 1 aliphatic heterocycles. The lowest BCUT2D eigenvalue weighted by Gasteiger charge is -2.28. The average Bonchev–Trinajstić information content (AvgIpc) is 2.77. The lowest BCUT2D eigenvalue weighted by Crippen LogP contribution is -3.09. The van der Waals surface area contributed by atoms with Crippen LogP contribution in [0.25, 0.3) is 10.9 Å². The van der Waals surface area contributed by atoms with Gasteiger partial charge in [-0.15, -0.1) is 0 Å². The van der Waals surface area contributed by atoms with Gasteiger partial charge >= 0.3 is 0 Å². The quantitative estimate of drug-likeness (QED) is 0.598. The van der Waals surface area contributed by atoms with Crippen LogP contribution in [0.4, 0.5) is 11.4 Å². The number of nitrogens with one attached hydrogen (secondary N) is 2. The fraction of sp³-hybridized carbons (Fsp3) is 0.304. The fourth-order valence-electron chi connectivity index (χ4n) is 3.79. The number of morpholine rings is 1. The number of likely N-dealkylation sites (N-methyl/N-ethyl adjacent to an activating group) is 1. The van der Waals surface area contributed by atoms with Crippen LogP contribution < -0.4 is 15.1 Å². The number of hydrogen-bond donors (Lipinski definition) is 2. The molecular formula is C23H27N4O2S+. The van der Waals surface area contributed by atoms with Gasteiger partial charge in [-0.3, -0.25) is 9.36 Å². The summed E-state index contributed by atoms with van der Waals surface area (Å²) in [6.45, 7) is 4.30. The Morgan fingerprint density at radius 2 is 1.80 bits per heavy atom. The molecule has 0 radical (unpaired) electrons. The Morgan fingerprint density at radius 1 is 1.07 bits per heavy atom. The molecule has 3 aromatic rings. The molecule has 0 aliphatic carbocycles. The SMILES string of the molecule is C[NH+](CC(=O)Nc1ccc(N2CCOCC2)cc1)Cn1c(=S)ccc2ccccc21. The summed E-state index contributed by atoms with van der Waals surface area (Å²) in [6.07, 6.45) is 0. The van der Waals surface area contributed by atoms with E-state index >= 15 is 0 Å². The van der Waals surface area contributed by atoms with Gasteiger partial charge in [0.1, 0.15) is 4.64 Å². The second kappa shape index (κ2) is 9.38. The zero-order valence-corrected chi connectivity index (χ0v) is 18.0. The standard InChI is InChI=1S/C23H26N4O2S/c1-25(17-27-21-5-3-2-4-18(21)6-11-23(27)30)16-22(28)24-19-7-9-20(10-8-19)26-12-14-29-15-13-26/h2-11H,12-17H2,1H3,(H,24,28)/p+1. The topological polar surface area (TPSA) is 50.9 Å². The minimum Gasteiger partial charge on any atom is -0.378 e. The first kappa shape index (κ1) is 20.5. The molecule has 30 heavy (non-hydrogen) atoms. The maximum atomic E-state index is 12.6. The molecule has 2 heterocycles. The Morgan fingerprint density at radius 3 is 2.57 bits per heavy atom. The van der Waals surface area contributed by atoms with Gasteiger partial charge in [-0.2, -0.15) is 0 Å². The number of pyridine rings is 1. The van der Waals surface area contributed by atoms with Gasteiger partial charge in [-0.25, -0.2) is 0 Å². The molecule has 1 atom stereocenters. The number of para-hydroxylation sites is 1. The van der Waals surface area contributed by atoms with Crippen molar-refractivity contribution in [1.29, 1.82) is 0 Å². The van der Waals surface area contributed by atoms with Gasteiger partial charge in [0.25, 0.3) is 5.91 Å². The first-order chi connectivity index (χ1) is 14.6. The number of nitrogens with zero attached hydrogens (tertiary/aromatic N) is 2. The van der Waals surface area contributed by atoms with E-state index in [2.05, 4.69) is 26.9 Å². The number of carbonyl (C=O) groups excluding carboxylic acids is 1. The molecular weight excluding hydrogens is 396 g/mol. The number of carbonyl (C=O) groups is 1. The summed E-state index contributed by atoms with van der Waals surface area (Å²) in [4.78, 5) is 15.9. The van der Waals surface area contributed by atoms with E-state index in [9.17, 15) is 4.79 Å². The van der Waals surface area contributed by atoms with Crippen molar-refractivity contribution in [3.63, 3.8) is 0 Å². The number of rotatable bonds is 6. The molecule has 2 N–H and O–H groups in total. The van der Waals surface area contributed by atoms with Crippen LogP contribution in [-0.4, -0.2) is 50.4 Å². The first-order valence-corrected chi connectivity index (χ1v) is 10.6. The molecule has 1 amide bonds. The summed E-state index contributed by atoms with van der Waals surface area (Å²) < 4.78 is 8.26. The summed E-state index contributed by atoms with van der Waals surface area (Å²) in [6, 6.07) is 20.2. The zero-order valence-electron chi connectivity index (χ0n) is 17.1. The lowest BCUT2D eigenvalue weighted by atomic mass is 10.2. The normalized spacial score (nSPS) is 15.2. The predicted molar refractivity (Wildman–Crippen MR) is 123 cm³/mol. The molecule has 0 bridgehead atoms. The van der Waals surface area contributed by atoms with Crippen LogP contribution in [0.2, 0.25) is 0 Å². The van der Waals surface area contributed by atoms with Crippen molar-refractivity contribution in [2.45, 2.75) is 6.67 Å². The number of hydrogen-bond acceptors (Lipinski definition) is 4. The Balaban J connectivity index is 1.36. The van der Waals surface area contributed by atoms with Gasteiger partial charge in [0.2, 0.25) is 0 Å². The van der Waals surface area contributed by atoms with E-state index in [0.717, 1.165) is 58.1 Å². The highest BCUT2D eigenvalue weighted by molar-refractivity contribution is 7.71. The lowest BCUT2D eigenvalue weighted by molar-refractivity contribution is -0.894. The zero-order chi connectivity index (χ0) is 20.9. The van der Waals surface area contributed by atoms with Crippen LogP contribution in [0.3, 0.4) is 0 Å². The Labute approximate surface area is 181 Å². The van der Waals surface area contributed by atoms with Crippen molar-refractivity contribution in [2.75, 3.05) is 50.1 Å². The van der Waals surface area contributed by atoms with Crippen molar-refractivity contribution in [1.82, 2.24) is 4.57 Å². The van der Waals surface area contributed by atoms with Crippen LogP contribution in [0, 0.1) is 4.64 Å². The van der Waals surface area contributed by atoms with Gasteiger partial charge in [0, 0.05) is 24.5 Å². The van der Waals surface area contributed by atoms with Gasteiger partial charge in [0.15, 0.2) is 13.2 Å². The van der Waals surface area contributed by atoms with Crippen LogP contribution in [-0.2, 0) is 16.2 Å². The number of ether oxygens (including phenoxy) is 1. The number of benzene rings is 2. The second-order valence-electron chi connectivity index (χ2n) is 7.64. The first-order valence-electron chi connectivity index (χ1n) is 10.2. The van der Waals surface area contributed by atoms with E-state index in [4.69, 9.17) is 17.0 Å². The van der Waals surface area contributed by atoms with Crippen molar-refractivity contribution in [3.8, 4) is 0 Å².